The average molecular weight is 355 g/mol. The normalized spacial score (nSPS) is 10.8. The standard InChI is InChI=1S/C13H15BrN4OS/c1-18(5-10-7-20-8-16-10)6-13(19)17-12-3-2-9(15)4-11(12)14/h2-4,7-8H,5-6,15H2,1H3,(H,17,19). The molecule has 0 aliphatic rings. The largest absolute Gasteiger partial charge is 0.399 e. The molecule has 0 aliphatic carbocycles. The summed E-state index contributed by atoms with van der Waals surface area (Å²) in [6, 6.07) is 5.28. The molecule has 5 nitrogen and oxygen atoms in total. The molecule has 106 valence electrons. The van der Waals surface area contributed by atoms with Crippen LogP contribution in [0.1, 0.15) is 5.69 Å². The summed E-state index contributed by atoms with van der Waals surface area (Å²) in [5.41, 5.74) is 9.78. The fourth-order valence-electron chi connectivity index (χ4n) is 1.72. The Hall–Kier alpha value is -1.44. The van der Waals surface area contributed by atoms with Gasteiger partial charge in [0, 0.05) is 22.1 Å². The van der Waals surface area contributed by atoms with Crippen LogP contribution >= 0.6 is 27.3 Å². The molecule has 2 aromatic rings. The third-order valence-electron chi connectivity index (χ3n) is 2.60. The molecule has 0 fully saturated rings. The Bertz CT molecular complexity index is 588. The minimum atomic E-state index is -0.0757. The second kappa shape index (κ2) is 6.83. The number of rotatable bonds is 5. The van der Waals surface area contributed by atoms with E-state index in [0.717, 1.165) is 10.2 Å². The molecule has 0 aliphatic heterocycles. The first kappa shape index (κ1) is 15.0. The van der Waals surface area contributed by atoms with Crippen molar-refractivity contribution in [3.8, 4) is 0 Å². The number of hydrogen-bond acceptors (Lipinski definition) is 5. The maximum atomic E-state index is 12.0. The maximum Gasteiger partial charge on any atom is 0.238 e. The fourth-order valence-corrected chi connectivity index (χ4v) is 2.76. The van der Waals surface area contributed by atoms with Crippen molar-refractivity contribution in [3.63, 3.8) is 0 Å². The van der Waals surface area contributed by atoms with Crippen molar-refractivity contribution >= 4 is 44.5 Å². The number of aromatic nitrogens is 1. The van der Waals surface area contributed by atoms with Gasteiger partial charge in [0.05, 0.1) is 23.4 Å². The van der Waals surface area contributed by atoms with E-state index in [4.69, 9.17) is 5.73 Å². The van der Waals surface area contributed by atoms with E-state index in [9.17, 15) is 4.79 Å². The van der Waals surface area contributed by atoms with Gasteiger partial charge in [-0.3, -0.25) is 9.69 Å². The summed E-state index contributed by atoms with van der Waals surface area (Å²) in [4.78, 5) is 18.1. The molecule has 0 saturated carbocycles. The van der Waals surface area contributed by atoms with Crippen LogP contribution < -0.4 is 11.1 Å². The van der Waals surface area contributed by atoms with E-state index < -0.39 is 0 Å². The molecule has 7 heteroatoms. The predicted octanol–water partition coefficient (Wildman–Crippen LogP) is 2.56. The third-order valence-corrected chi connectivity index (χ3v) is 3.89. The lowest BCUT2D eigenvalue weighted by Crippen LogP contribution is -2.30. The van der Waals surface area contributed by atoms with E-state index in [0.29, 0.717) is 24.5 Å². The average Bonchev–Trinajstić information content (AvgIpc) is 2.85. The second-order valence-corrected chi connectivity index (χ2v) is 6.01. The number of amides is 1. The van der Waals surface area contributed by atoms with Crippen molar-refractivity contribution in [2.24, 2.45) is 0 Å². The molecule has 0 spiro atoms. The Labute approximate surface area is 129 Å². The van der Waals surface area contributed by atoms with Crippen molar-refractivity contribution in [3.05, 3.63) is 39.3 Å². The molecule has 1 amide bonds. The summed E-state index contributed by atoms with van der Waals surface area (Å²) in [5.74, 6) is -0.0757. The first-order valence-corrected chi connectivity index (χ1v) is 7.68. The van der Waals surface area contributed by atoms with Crippen LogP contribution in [0.2, 0.25) is 0 Å². The monoisotopic (exact) mass is 354 g/mol. The maximum absolute atomic E-state index is 12.0. The molecule has 1 heterocycles. The molecule has 3 N–H and O–H groups in total. The number of nitrogens with two attached hydrogens (primary N) is 1. The molecule has 0 unspecified atom stereocenters. The molecule has 20 heavy (non-hydrogen) atoms. The van der Waals surface area contributed by atoms with Crippen LogP contribution in [0.15, 0.2) is 33.6 Å². The van der Waals surface area contributed by atoms with Gasteiger partial charge in [0.15, 0.2) is 0 Å². The molecule has 1 aromatic carbocycles. The zero-order chi connectivity index (χ0) is 14.5. The predicted molar refractivity (Wildman–Crippen MR) is 85.6 cm³/mol. The van der Waals surface area contributed by atoms with Gasteiger partial charge in [0.1, 0.15) is 0 Å². The van der Waals surface area contributed by atoms with Crippen molar-refractivity contribution in [1.82, 2.24) is 9.88 Å². The van der Waals surface area contributed by atoms with Gasteiger partial charge in [0.2, 0.25) is 5.91 Å². The lowest BCUT2D eigenvalue weighted by Gasteiger charge is -2.15. The Balaban J connectivity index is 1.88. The van der Waals surface area contributed by atoms with E-state index in [2.05, 4.69) is 26.2 Å². The summed E-state index contributed by atoms with van der Waals surface area (Å²) in [6.07, 6.45) is 0. The first-order chi connectivity index (χ1) is 9.54. The highest BCUT2D eigenvalue weighted by Gasteiger charge is 2.10. The van der Waals surface area contributed by atoms with Crippen molar-refractivity contribution in [1.29, 1.82) is 0 Å². The van der Waals surface area contributed by atoms with E-state index in [1.165, 1.54) is 0 Å². The molecular formula is C13H15BrN4OS. The molecule has 0 bridgehead atoms. The van der Waals surface area contributed by atoms with Gasteiger partial charge in [-0.1, -0.05) is 0 Å². The van der Waals surface area contributed by atoms with Crippen LogP contribution in [0, 0.1) is 0 Å². The van der Waals surface area contributed by atoms with Crippen molar-refractivity contribution in [2.75, 3.05) is 24.6 Å². The Kier molecular flexibility index (Phi) is 5.11. The Morgan fingerprint density at radius 1 is 1.55 bits per heavy atom. The molecular weight excluding hydrogens is 340 g/mol. The van der Waals surface area contributed by atoms with Crippen LogP contribution in [0.25, 0.3) is 0 Å². The smallest absolute Gasteiger partial charge is 0.238 e. The minimum Gasteiger partial charge on any atom is -0.399 e. The Morgan fingerprint density at radius 3 is 3.00 bits per heavy atom. The zero-order valence-electron chi connectivity index (χ0n) is 11.0. The van der Waals surface area contributed by atoms with Gasteiger partial charge in [-0.25, -0.2) is 4.98 Å². The SMILES string of the molecule is CN(CC(=O)Nc1ccc(N)cc1Br)Cc1cscn1. The third kappa shape index (κ3) is 4.29. The van der Waals surface area contributed by atoms with E-state index >= 15 is 0 Å². The quantitative estimate of drug-likeness (QED) is 0.809. The summed E-state index contributed by atoms with van der Waals surface area (Å²) >= 11 is 4.92. The lowest BCUT2D eigenvalue weighted by molar-refractivity contribution is -0.117. The summed E-state index contributed by atoms with van der Waals surface area (Å²) in [6.45, 7) is 0.953. The number of nitrogens with zero attached hydrogens (tertiary/aromatic N) is 2. The van der Waals surface area contributed by atoms with Gasteiger partial charge >= 0.3 is 0 Å². The molecule has 0 saturated heterocycles. The van der Waals surface area contributed by atoms with Crippen LogP contribution in [-0.4, -0.2) is 29.4 Å². The van der Waals surface area contributed by atoms with Gasteiger partial charge in [0.25, 0.3) is 0 Å². The van der Waals surface area contributed by atoms with Gasteiger partial charge < -0.3 is 11.1 Å². The Morgan fingerprint density at radius 2 is 2.35 bits per heavy atom. The highest BCUT2D eigenvalue weighted by atomic mass is 79.9. The zero-order valence-corrected chi connectivity index (χ0v) is 13.4. The second-order valence-electron chi connectivity index (χ2n) is 4.44. The summed E-state index contributed by atoms with van der Waals surface area (Å²) < 4.78 is 0.771. The summed E-state index contributed by atoms with van der Waals surface area (Å²) in [5, 5.41) is 4.82. The number of nitrogens with one attached hydrogen (secondary N) is 1. The highest BCUT2D eigenvalue weighted by molar-refractivity contribution is 9.10. The number of likely N-dealkylation sites (N-methyl/N-ethyl adjacent to an activating group) is 1. The fraction of sp³-hybridized carbons (Fsp3) is 0.231. The van der Waals surface area contributed by atoms with Crippen molar-refractivity contribution < 1.29 is 4.79 Å². The number of halogens is 1. The van der Waals surface area contributed by atoms with Crippen LogP contribution in [-0.2, 0) is 11.3 Å². The number of thiazole rings is 1. The molecule has 1 aromatic heterocycles. The number of benzene rings is 1. The van der Waals surface area contributed by atoms with Gasteiger partial charge in [-0.05, 0) is 41.2 Å². The summed E-state index contributed by atoms with van der Waals surface area (Å²) in [7, 11) is 1.89. The van der Waals surface area contributed by atoms with Gasteiger partial charge in [-0.15, -0.1) is 11.3 Å². The topological polar surface area (TPSA) is 71.2 Å². The van der Waals surface area contributed by atoms with E-state index in [-0.39, 0.29) is 5.91 Å². The number of hydrogen-bond donors (Lipinski definition) is 2. The number of carbonyl (C=O) groups excluding carboxylic acids is 1. The molecule has 2 rings (SSSR count). The highest BCUT2D eigenvalue weighted by Crippen LogP contribution is 2.24. The lowest BCUT2D eigenvalue weighted by atomic mass is 10.3. The molecule has 0 atom stereocenters. The van der Waals surface area contributed by atoms with Crippen LogP contribution in [0.5, 0.6) is 0 Å². The number of carbonyl (C=O) groups is 1. The first-order valence-electron chi connectivity index (χ1n) is 5.95. The van der Waals surface area contributed by atoms with Crippen LogP contribution in [0.3, 0.4) is 0 Å². The van der Waals surface area contributed by atoms with E-state index in [1.807, 2.05) is 17.3 Å². The number of nitrogen functional groups attached to an aromatic ring is 1. The van der Waals surface area contributed by atoms with Gasteiger partial charge in [-0.2, -0.15) is 0 Å². The minimum absolute atomic E-state index is 0.0757. The molecule has 0 radical (unpaired) electrons. The number of anilines is 2. The van der Waals surface area contributed by atoms with Crippen LogP contribution in [0.4, 0.5) is 11.4 Å². The van der Waals surface area contributed by atoms with Crippen molar-refractivity contribution in [2.45, 2.75) is 6.54 Å². The van der Waals surface area contributed by atoms with E-state index in [1.54, 1.807) is 35.0 Å².